The van der Waals surface area contributed by atoms with Crippen molar-refractivity contribution in [1.82, 2.24) is 0 Å². The molecule has 0 aromatic heterocycles. The molecule has 0 heterocycles. The monoisotopic (exact) mass is 298 g/mol. The van der Waals surface area contributed by atoms with Crippen molar-refractivity contribution >= 4 is 0 Å². The highest BCUT2D eigenvalue weighted by Gasteiger charge is 2.57. The van der Waals surface area contributed by atoms with Crippen LogP contribution in [0, 0.1) is 34.5 Å². The molecule has 120 valence electrons. The standard InChI is InChI=1S/C21H30O/c1-4-14-6-8-18-17-7-5-15-13-16(22)9-11-21(15,3)19(17)10-12-20(14,18)2/h4-5,9,11,14,16-19,22H,1,6-8,10,12-13H2,2-3H3/t14?,16?,17-,18-,19+,20+,21-/m0/s1. The third-order valence-electron chi connectivity index (χ3n) is 7.99. The quantitative estimate of drug-likeness (QED) is 0.683. The number of hydrogen-bond acceptors (Lipinski definition) is 1. The van der Waals surface area contributed by atoms with Crippen molar-refractivity contribution in [1.29, 1.82) is 0 Å². The van der Waals surface area contributed by atoms with Crippen LogP contribution in [0.25, 0.3) is 0 Å². The summed E-state index contributed by atoms with van der Waals surface area (Å²) >= 11 is 0. The van der Waals surface area contributed by atoms with E-state index in [1.54, 1.807) is 0 Å². The van der Waals surface area contributed by atoms with Crippen LogP contribution in [-0.4, -0.2) is 11.2 Å². The predicted molar refractivity (Wildman–Crippen MR) is 91.3 cm³/mol. The molecule has 7 atom stereocenters. The van der Waals surface area contributed by atoms with Crippen molar-refractivity contribution in [3.8, 4) is 0 Å². The van der Waals surface area contributed by atoms with Crippen molar-refractivity contribution in [2.75, 3.05) is 0 Å². The highest BCUT2D eigenvalue weighted by Crippen LogP contribution is 2.65. The highest BCUT2D eigenvalue weighted by atomic mass is 16.3. The van der Waals surface area contributed by atoms with Gasteiger partial charge in [-0.15, -0.1) is 6.58 Å². The van der Waals surface area contributed by atoms with E-state index in [4.69, 9.17) is 0 Å². The van der Waals surface area contributed by atoms with E-state index in [1.165, 1.54) is 37.7 Å². The summed E-state index contributed by atoms with van der Waals surface area (Å²) in [5.74, 6) is 3.19. The van der Waals surface area contributed by atoms with Crippen LogP contribution in [0.3, 0.4) is 0 Å². The van der Waals surface area contributed by atoms with E-state index in [2.05, 4.69) is 44.7 Å². The largest absolute Gasteiger partial charge is 0.389 e. The minimum absolute atomic E-state index is 0.204. The van der Waals surface area contributed by atoms with Crippen LogP contribution in [0.15, 0.2) is 36.5 Å². The number of allylic oxidation sites excluding steroid dienone is 3. The molecule has 4 rings (SSSR count). The molecule has 0 aromatic rings. The normalized spacial score (nSPS) is 53.2. The zero-order valence-corrected chi connectivity index (χ0v) is 14.1. The first-order valence-electron chi connectivity index (χ1n) is 9.18. The first-order chi connectivity index (χ1) is 10.5. The second kappa shape index (κ2) is 4.84. The Hall–Kier alpha value is -0.820. The third kappa shape index (κ3) is 1.81. The number of hydrogen-bond donors (Lipinski definition) is 1. The second-order valence-electron chi connectivity index (χ2n) is 8.72. The van der Waals surface area contributed by atoms with Gasteiger partial charge in [0, 0.05) is 5.41 Å². The zero-order valence-electron chi connectivity index (χ0n) is 14.1. The van der Waals surface area contributed by atoms with Gasteiger partial charge in [0.1, 0.15) is 0 Å². The molecule has 2 unspecified atom stereocenters. The molecular weight excluding hydrogens is 268 g/mol. The summed E-state index contributed by atoms with van der Waals surface area (Å²) in [7, 11) is 0. The lowest BCUT2D eigenvalue weighted by molar-refractivity contribution is -0.0169. The summed E-state index contributed by atoms with van der Waals surface area (Å²) in [4.78, 5) is 0. The molecule has 0 aromatic carbocycles. The van der Waals surface area contributed by atoms with Gasteiger partial charge in [-0.1, -0.05) is 43.7 Å². The van der Waals surface area contributed by atoms with Crippen molar-refractivity contribution in [3.05, 3.63) is 36.5 Å². The lowest BCUT2D eigenvalue weighted by Crippen LogP contribution is -2.49. The molecule has 1 N–H and O–H groups in total. The maximum atomic E-state index is 9.98. The number of rotatable bonds is 1. The van der Waals surface area contributed by atoms with Crippen LogP contribution in [0.5, 0.6) is 0 Å². The Kier molecular flexibility index (Phi) is 3.24. The van der Waals surface area contributed by atoms with Crippen LogP contribution >= 0.6 is 0 Å². The van der Waals surface area contributed by atoms with Gasteiger partial charge in [0.2, 0.25) is 0 Å². The van der Waals surface area contributed by atoms with Gasteiger partial charge < -0.3 is 5.11 Å². The molecular formula is C21H30O. The summed E-state index contributed by atoms with van der Waals surface area (Å²) in [6.45, 7) is 9.09. The van der Waals surface area contributed by atoms with Crippen molar-refractivity contribution < 1.29 is 5.11 Å². The van der Waals surface area contributed by atoms with Crippen LogP contribution in [0.2, 0.25) is 0 Å². The van der Waals surface area contributed by atoms with E-state index in [-0.39, 0.29) is 11.5 Å². The van der Waals surface area contributed by atoms with Crippen molar-refractivity contribution in [2.45, 2.75) is 58.5 Å². The summed E-state index contributed by atoms with van der Waals surface area (Å²) in [6.07, 6.45) is 16.4. The smallest absolute Gasteiger partial charge is 0.0758 e. The first-order valence-corrected chi connectivity index (χ1v) is 9.18. The second-order valence-corrected chi connectivity index (χ2v) is 8.72. The summed E-state index contributed by atoms with van der Waals surface area (Å²) in [6, 6.07) is 0. The highest BCUT2D eigenvalue weighted by molar-refractivity contribution is 5.32. The molecule has 1 heteroatoms. The van der Waals surface area contributed by atoms with Gasteiger partial charge >= 0.3 is 0 Å². The van der Waals surface area contributed by atoms with Gasteiger partial charge in [0.05, 0.1) is 6.10 Å². The third-order valence-corrected chi connectivity index (χ3v) is 7.99. The van der Waals surface area contributed by atoms with Crippen molar-refractivity contribution in [3.63, 3.8) is 0 Å². The average Bonchev–Trinajstić information content (AvgIpc) is 2.84. The first kappa shape index (κ1) is 14.8. The topological polar surface area (TPSA) is 20.2 Å². The van der Waals surface area contributed by atoms with E-state index in [0.717, 1.165) is 30.1 Å². The molecule has 0 spiro atoms. The molecule has 0 bridgehead atoms. The zero-order chi connectivity index (χ0) is 15.5. The molecule has 0 amide bonds. The fourth-order valence-corrected chi connectivity index (χ4v) is 6.66. The van der Waals surface area contributed by atoms with Crippen molar-refractivity contribution in [2.24, 2.45) is 34.5 Å². The minimum Gasteiger partial charge on any atom is -0.389 e. The summed E-state index contributed by atoms with van der Waals surface area (Å²) in [5, 5.41) is 9.98. The van der Waals surface area contributed by atoms with Gasteiger partial charge in [-0.25, -0.2) is 0 Å². The van der Waals surface area contributed by atoms with Gasteiger partial charge in [-0.05, 0) is 67.6 Å². The van der Waals surface area contributed by atoms with E-state index in [1.807, 2.05) is 0 Å². The van der Waals surface area contributed by atoms with Gasteiger partial charge in [-0.3, -0.25) is 0 Å². The lowest BCUT2D eigenvalue weighted by atomic mass is 9.48. The molecule has 0 radical (unpaired) electrons. The Labute approximate surface area is 135 Å². The van der Waals surface area contributed by atoms with Gasteiger partial charge in [0.25, 0.3) is 0 Å². The predicted octanol–water partition coefficient (Wildman–Crippen LogP) is 4.89. The maximum absolute atomic E-state index is 9.98. The van der Waals surface area contributed by atoms with E-state index < -0.39 is 0 Å². The van der Waals surface area contributed by atoms with E-state index in [0.29, 0.717) is 5.41 Å². The summed E-state index contributed by atoms with van der Waals surface area (Å²) < 4.78 is 0. The molecule has 0 aliphatic heterocycles. The molecule has 0 saturated heterocycles. The average molecular weight is 298 g/mol. The Morgan fingerprint density at radius 1 is 1.23 bits per heavy atom. The summed E-state index contributed by atoms with van der Waals surface area (Å²) in [5.41, 5.74) is 2.20. The minimum atomic E-state index is -0.263. The molecule has 4 aliphatic rings. The van der Waals surface area contributed by atoms with E-state index >= 15 is 0 Å². The Bertz CT molecular complexity index is 544. The number of aliphatic hydroxyl groups excluding tert-OH is 1. The molecule has 1 nitrogen and oxygen atoms in total. The van der Waals surface area contributed by atoms with E-state index in [9.17, 15) is 5.11 Å². The maximum Gasteiger partial charge on any atom is 0.0758 e. The Morgan fingerprint density at radius 2 is 2.05 bits per heavy atom. The van der Waals surface area contributed by atoms with Crippen LogP contribution in [0.1, 0.15) is 52.4 Å². The van der Waals surface area contributed by atoms with Crippen LogP contribution < -0.4 is 0 Å². The molecule has 2 fully saturated rings. The molecule has 2 saturated carbocycles. The number of aliphatic hydroxyl groups is 1. The fraction of sp³-hybridized carbons (Fsp3) is 0.714. The van der Waals surface area contributed by atoms with Gasteiger partial charge in [0.15, 0.2) is 0 Å². The molecule has 4 aliphatic carbocycles. The Balaban J connectivity index is 1.70. The SMILES string of the molecule is C=CC1CC[C@H]2[C@@H]3CC=C4CC(O)C=C[C@]4(C)[C@@H]3CC[C@]12C. The fourth-order valence-electron chi connectivity index (χ4n) is 6.66. The Morgan fingerprint density at radius 3 is 2.82 bits per heavy atom. The molecule has 22 heavy (non-hydrogen) atoms. The number of fused-ring (bicyclic) bond motifs is 5. The lowest BCUT2D eigenvalue weighted by Gasteiger charge is -2.56. The van der Waals surface area contributed by atoms with Crippen LogP contribution in [0.4, 0.5) is 0 Å². The van der Waals surface area contributed by atoms with Gasteiger partial charge in [-0.2, -0.15) is 0 Å². The van der Waals surface area contributed by atoms with Crippen LogP contribution in [-0.2, 0) is 0 Å².